The number of nitrogens with zero attached hydrogens (tertiary/aromatic N) is 1. The summed E-state index contributed by atoms with van der Waals surface area (Å²) < 4.78 is 0. The number of anilines is 1. The van der Waals surface area contributed by atoms with Crippen molar-refractivity contribution in [2.24, 2.45) is 17.8 Å². The standard InChI is InChI=1S/C21H26N4O2/c1-2-13-5-14-7-15(6-13)9-16(8-14)10-24-20(26)21(27)25-19-12-23-18-3-4-22-11-17(18)19/h3-4,8,11-15,23H,2,5-7,9-10H2,1H3,(H,24,26)(H,25,27). The van der Waals surface area contributed by atoms with Crippen molar-refractivity contribution in [2.75, 3.05) is 11.9 Å². The summed E-state index contributed by atoms with van der Waals surface area (Å²) in [5.41, 5.74) is 2.70. The van der Waals surface area contributed by atoms with Crippen molar-refractivity contribution in [1.29, 1.82) is 0 Å². The molecule has 0 radical (unpaired) electrons. The van der Waals surface area contributed by atoms with Crippen LogP contribution in [-0.2, 0) is 9.59 Å². The second kappa shape index (κ2) is 7.55. The lowest BCUT2D eigenvalue weighted by Gasteiger charge is -2.38. The lowest BCUT2D eigenvalue weighted by Crippen LogP contribution is -2.37. The number of nitrogens with one attached hydrogen (secondary N) is 3. The Morgan fingerprint density at radius 2 is 2.15 bits per heavy atom. The number of hydrogen-bond acceptors (Lipinski definition) is 3. The van der Waals surface area contributed by atoms with Gasteiger partial charge in [0.1, 0.15) is 0 Å². The summed E-state index contributed by atoms with van der Waals surface area (Å²) in [5, 5.41) is 6.23. The number of fused-ring (bicyclic) bond motifs is 3. The normalized spacial score (nSPS) is 24.3. The SMILES string of the molecule is CCC1CC2C=C(CNC(=O)C(=O)Nc3c[nH]c4ccncc34)CC(C2)C1. The van der Waals surface area contributed by atoms with E-state index in [1.165, 1.54) is 31.3 Å². The molecule has 3 atom stereocenters. The number of pyridine rings is 1. The summed E-state index contributed by atoms with van der Waals surface area (Å²) in [6.07, 6.45) is 13.5. The Bertz CT molecular complexity index is 885. The van der Waals surface area contributed by atoms with Crippen LogP contribution < -0.4 is 10.6 Å². The van der Waals surface area contributed by atoms with Crippen molar-refractivity contribution < 1.29 is 9.59 Å². The molecule has 2 aromatic heterocycles. The Hall–Kier alpha value is -2.63. The third-order valence-electron chi connectivity index (χ3n) is 5.95. The largest absolute Gasteiger partial charge is 0.359 e. The fourth-order valence-electron chi connectivity index (χ4n) is 4.67. The highest BCUT2D eigenvalue weighted by atomic mass is 16.2. The fourth-order valence-corrected chi connectivity index (χ4v) is 4.67. The topological polar surface area (TPSA) is 86.9 Å². The first-order valence-electron chi connectivity index (χ1n) is 9.82. The zero-order chi connectivity index (χ0) is 18.8. The molecular formula is C21H26N4O2. The van der Waals surface area contributed by atoms with Gasteiger partial charge >= 0.3 is 11.8 Å². The molecule has 2 bridgehead atoms. The smallest absolute Gasteiger partial charge is 0.313 e. The van der Waals surface area contributed by atoms with Crippen LogP contribution in [-0.4, -0.2) is 28.3 Å². The Kier molecular flexibility index (Phi) is 4.97. The van der Waals surface area contributed by atoms with Gasteiger partial charge in [0.25, 0.3) is 0 Å². The molecule has 3 unspecified atom stereocenters. The average molecular weight is 366 g/mol. The van der Waals surface area contributed by atoms with E-state index in [0.29, 0.717) is 18.2 Å². The van der Waals surface area contributed by atoms with Crippen LogP contribution in [0, 0.1) is 17.8 Å². The number of allylic oxidation sites excluding steroid dienone is 1. The first-order valence-corrected chi connectivity index (χ1v) is 9.82. The number of carbonyl (C=O) groups is 2. The van der Waals surface area contributed by atoms with Crippen LogP contribution in [0.5, 0.6) is 0 Å². The molecule has 1 fully saturated rings. The summed E-state index contributed by atoms with van der Waals surface area (Å²) in [6, 6.07) is 1.82. The minimum absolute atomic E-state index is 0.464. The summed E-state index contributed by atoms with van der Waals surface area (Å²) in [5.74, 6) is 0.969. The van der Waals surface area contributed by atoms with Crippen LogP contribution in [0.1, 0.15) is 39.0 Å². The number of amides is 2. The lowest BCUT2D eigenvalue weighted by molar-refractivity contribution is -0.136. The van der Waals surface area contributed by atoms with E-state index in [2.05, 4.69) is 33.6 Å². The minimum Gasteiger partial charge on any atom is -0.359 e. The van der Waals surface area contributed by atoms with Gasteiger partial charge in [-0.15, -0.1) is 0 Å². The van der Waals surface area contributed by atoms with E-state index in [4.69, 9.17) is 0 Å². The molecule has 142 valence electrons. The fraction of sp³-hybridized carbons (Fsp3) is 0.476. The van der Waals surface area contributed by atoms with E-state index in [1.54, 1.807) is 18.6 Å². The molecule has 1 saturated carbocycles. The van der Waals surface area contributed by atoms with Gasteiger partial charge in [-0.1, -0.05) is 25.0 Å². The summed E-state index contributed by atoms with van der Waals surface area (Å²) >= 11 is 0. The van der Waals surface area contributed by atoms with Gasteiger partial charge in [0.2, 0.25) is 0 Å². The van der Waals surface area contributed by atoms with Gasteiger partial charge in [0, 0.05) is 30.5 Å². The molecule has 0 aliphatic heterocycles. The van der Waals surface area contributed by atoms with Gasteiger partial charge in [0.15, 0.2) is 0 Å². The molecule has 6 heteroatoms. The zero-order valence-electron chi connectivity index (χ0n) is 15.6. The number of H-pyrrole nitrogens is 1. The molecule has 2 aromatic rings. The Balaban J connectivity index is 1.33. The third-order valence-corrected chi connectivity index (χ3v) is 5.95. The first-order chi connectivity index (χ1) is 13.1. The van der Waals surface area contributed by atoms with Crippen molar-refractivity contribution in [3.8, 4) is 0 Å². The molecular weight excluding hydrogens is 340 g/mol. The van der Waals surface area contributed by atoms with Crippen LogP contribution in [0.3, 0.4) is 0 Å². The van der Waals surface area contributed by atoms with Crippen molar-refractivity contribution in [3.05, 3.63) is 36.3 Å². The molecule has 0 aromatic carbocycles. The van der Waals surface area contributed by atoms with E-state index in [-0.39, 0.29) is 0 Å². The first kappa shape index (κ1) is 17.8. The average Bonchev–Trinajstić information content (AvgIpc) is 3.08. The van der Waals surface area contributed by atoms with Crippen LogP contribution >= 0.6 is 0 Å². The van der Waals surface area contributed by atoms with E-state index in [0.717, 1.165) is 29.2 Å². The minimum atomic E-state index is -0.651. The number of aromatic nitrogens is 2. The lowest BCUT2D eigenvalue weighted by atomic mass is 9.68. The van der Waals surface area contributed by atoms with Crippen molar-refractivity contribution in [1.82, 2.24) is 15.3 Å². The summed E-state index contributed by atoms with van der Waals surface area (Å²) in [6.45, 7) is 2.74. The van der Waals surface area contributed by atoms with Gasteiger partial charge in [-0.05, 0) is 49.5 Å². The monoisotopic (exact) mass is 366 g/mol. The number of rotatable bonds is 4. The molecule has 4 rings (SSSR count). The summed E-state index contributed by atoms with van der Waals surface area (Å²) in [7, 11) is 0. The predicted molar refractivity (Wildman–Crippen MR) is 105 cm³/mol. The van der Waals surface area contributed by atoms with E-state index >= 15 is 0 Å². The van der Waals surface area contributed by atoms with Crippen LogP contribution in [0.4, 0.5) is 5.69 Å². The van der Waals surface area contributed by atoms with Crippen LogP contribution in [0.2, 0.25) is 0 Å². The maximum atomic E-state index is 12.2. The second-order valence-corrected chi connectivity index (χ2v) is 7.90. The molecule has 6 nitrogen and oxygen atoms in total. The highest BCUT2D eigenvalue weighted by Gasteiger charge is 2.31. The predicted octanol–water partition coefficient (Wildman–Crippen LogP) is 3.39. The Labute approximate surface area is 158 Å². The number of aromatic amines is 1. The maximum absolute atomic E-state index is 12.2. The van der Waals surface area contributed by atoms with E-state index in [1.807, 2.05) is 6.07 Å². The van der Waals surface area contributed by atoms with Crippen molar-refractivity contribution in [2.45, 2.75) is 39.0 Å². The molecule has 2 amide bonds. The van der Waals surface area contributed by atoms with Crippen molar-refractivity contribution >= 4 is 28.4 Å². The molecule has 27 heavy (non-hydrogen) atoms. The van der Waals surface area contributed by atoms with E-state index < -0.39 is 11.8 Å². The zero-order valence-corrected chi connectivity index (χ0v) is 15.6. The molecule has 0 spiro atoms. The van der Waals surface area contributed by atoms with Crippen LogP contribution in [0.15, 0.2) is 36.3 Å². The highest BCUT2D eigenvalue weighted by Crippen LogP contribution is 2.42. The van der Waals surface area contributed by atoms with Gasteiger partial charge in [-0.3, -0.25) is 14.6 Å². The van der Waals surface area contributed by atoms with Crippen LogP contribution in [0.25, 0.3) is 10.9 Å². The van der Waals surface area contributed by atoms with Gasteiger partial charge < -0.3 is 15.6 Å². The molecule has 2 aliphatic carbocycles. The highest BCUT2D eigenvalue weighted by molar-refractivity contribution is 6.40. The second-order valence-electron chi connectivity index (χ2n) is 7.90. The molecule has 2 aliphatic rings. The molecule has 2 heterocycles. The maximum Gasteiger partial charge on any atom is 0.313 e. The van der Waals surface area contributed by atoms with Crippen molar-refractivity contribution in [3.63, 3.8) is 0 Å². The number of carbonyl (C=O) groups excluding carboxylic acids is 2. The summed E-state index contributed by atoms with van der Waals surface area (Å²) in [4.78, 5) is 31.6. The molecule has 0 saturated heterocycles. The van der Waals surface area contributed by atoms with Gasteiger partial charge in [-0.2, -0.15) is 0 Å². The third kappa shape index (κ3) is 3.89. The Morgan fingerprint density at radius 1 is 1.26 bits per heavy atom. The molecule has 3 N–H and O–H groups in total. The van der Waals surface area contributed by atoms with Gasteiger partial charge in [0.05, 0.1) is 11.2 Å². The van der Waals surface area contributed by atoms with Gasteiger partial charge in [-0.25, -0.2) is 0 Å². The Morgan fingerprint density at radius 3 is 2.96 bits per heavy atom. The van der Waals surface area contributed by atoms with E-state index in [9.17, 15) is 9.59 Å². The number of hydrogen-bond donors (Lipinski definition) is 3. The quantitative estimate of drug-likeness (QED) is 0.572.